The molecule has 29 heavy (non-hydrogen) atoms. The third-order valence-corrected chi connectivity index (χ3v) is 4.15. The fraction of sp³-hybridized carbons (Fsp3) is 0.176. The standard InChI is InChI=1S/C17H15ClF2N6O3/c1-7-13(29-15(5-21)23-7)6-22-17(28)12-4-14(26-25-12)24-16(27)8-2-10(19)11(20)3-9(8)18/h2-4H,5-6,21H2,1H3,(H,22,28)(H2,24,25,26,27). The smallest absolute Gasteiger partial charge is 0.272 e. The van der Waals surface area contributed by atoms with Crippen LogP contribution in [0.1, 0.15) is 38.2 Å². The van der Waals surface area contributed by atoms with Crippen molar-refractivity contribution >= 4 is 29.2 Å². The topological polar surface area (TPSA) is 139 Å². The van der Waals surface area contributed by atoms with Crippen molar-refractivity contribution in [2.75, 3.05) is 5.32 Å². The number of halogens is 3. The molecule has 0 atom stereocenters. The summed E-state index contributed by atoms with van der Waals surface area (Å²) in [6.07, 6.45) is 0. The molecule has 0 saturated carbocycles. The number of hydrogen-bond acceptors (Lipinski definition) is 6. The number of hydrogen-bond donors (Lipinski definition) is 4. The number of aromatic amines is 1. The number of anilines is 1. The van der Waals surface area contributed by atoms with E-state index in [1.165, 1.54) is 6.07 Å². The second kappa shape index (κ2) is 8.37. The molecule has 0 bridgehead atoms. The first-order chi connectivity index (χ1) is 13.8. The minimum Gasteiger partial charge on any atom is -0.442 e. The van der Waals surface area contributed by atoms with Crippen molar-refractivity contribution < 1.29 is 22.8 Å². The molecule has 0 spiro atoms. The predicted octanol–water partition coefficient (Wildman–Crippen LogP) is 2.28. The van der Waals surface area contributed by atoms with Crippen LogP contribution in [0.25, 0.3) is 0 Å². The van der Waals surface area contributed by atoms with Gasteiger partial charge in [-0.2, -0.15) is 5.10 Å². The lowest BCUT2D eigenvalue weighted by molar-refractivity contribution is 0.0942. The molecule has 0 unspecified atom stereocenters. The van der Waals surface area contributed by atoms with E-state index in [0.717, 1.165) is 0 Å². The van der Waals surface area contributed by atoms with Crippen LogP contribution in [-0.4, -0.2) is 27.0 Å². The molecule has 152 valence electrons. The summed E-state index contributed by atoms with van der Waals surface area (Å²) < 4.78 is 31.8. The van der Waals surface area contributed by atoms with Gasteiger partial charge < -0.3 is 20.8 Å². The Morgan fingerprint density at radius 2 is 1.97 bits per heavy atom. The summed E-state index contributed by atoms with van der Waals surface area (Å²) in [5, 5.41) is 10.9. The lowest BCUT2D eigenvalue weighted by atomic mass is 10.2. The monoisotopic (exact) mass is 424 g/mol. The molecular weight excluding hydrogens is 410 g/mol. The summed E-state index contributed by atoms with van der Waals surface area (Å²) in [6.45, 7) is 1.92. The first-order valence-electron chi connectivity index (χ1n) is 8.23. The number of carbonyl (C=O) groups excluding carboxylic acids is 2. The third-order valence-electron chi connectivity index (χ3n) is 3.83. The molecule has 12 heteroatoms. The fourth-order valence-corrected chi connectivity index (χ4v) is 2.62. The van der Waals surface area contributed by atoms with Crippen molar-refractivity contribution in [3.63, 3.8) is 0 Å². The van der Waals surface area contributed by atoms with Gasteiger partial charge in [0.2, 0.25) is 5.89 Å². The number of nitrogens with zero attached hydrogens (tertiary/aromatic N) is 2. The molecule has 1 aromatic carbocycles. The average Bonchev–Trinajstić information content (AvgIpc) is 3.29. The minimum atomic E-state index is -1.22. The number of H-pyrrole nitrogens is 1. The van der Waals surface area contributed by atoms with Crippen molar-refractivity contribution in [1.29, 1.82) is 0 Å². The van der Waals surface area contributed by atoms with Gasteiger partial charge in [0.1, 0.15) is 11.6 Å². The lowest BCUT2D eigenvalue weighted by Crippen LogP contribution is -2.23. The Labute approximate surface area is 167 Å². The highest BCUT2D eigenvalue weighted by Crippen LogP contribution is 2.21. The number of amides is 2. The molecule has 2 amide bonds. The number of oxazole rings is 1. The van der Waals surface area contributed by atoms with E-state index >= 15 is 0 Å². The Balaban J connectivity index is 1.64. The Hall–Kier alpha value is -3.31. The van der Waals surface area contributed by atoms with Crippen molar-refractivity contribution in [2.45, 2.75) is 20.0 Å². The molecule has 0 radical (unpaired) electrons. The molecule has 0 fully saturated rings. The van der Waals surface area contributed by atoms with Crippen LogP contribution in [0.2, 0.25) is 5.02 Å². The molecule has 0 aliphatic rings. The van der Waals surface area contributed by atoms with E-state index in [-0.39, 0.29) is 35.2 Å². The third kappa shape index (κ3) is 4.58. The maximum absolute atomic E-state index is 13.3. The highest BCUT2D eigenvalue weighted by atomic mass is 35.5. The SMILES string of the molecule is Cc1nc(CN)oc1CNC(=O)c1cc(NC(=O)c2cc(F)c(F)cc2Cl)[nH]n1. The van der Waals surface area contributed by atoms with Crippen LogP contribution in [-0.2, 0) is 13.1 Å². The molecule has 9 nitrogen and oxygen atoms in total. The van der Waals surface area contributed by atoms with E-state index in [1.54, 1.807) is 6.92 Å². The van der Waals surface area contributed by atoms with E-state index < -0.39 is 23.4 Å². The Bertz CT molecular complexity index is 1080. The van der Waals surface area contributed by atoms with Crippen LogP contribution in [0.4, 0.5) is 14.6 Å². The van der Waals surface area contributed by atoms with Crippen molar-refractivity contribution in [3.05, 3.63) is 63.5 Å². The number of nitrogens with one attached hydrogen (secondary N) is 3. The van der Waals surface area contributed by atoms with Gasteiger partial charge in [0.15, 0.2) is 17.3 Å². The van der Waals surface area contributed by atoms with Crippen LogP contribution in [0.5, 0.6) is 0 Å². The van der Waals surface area contributed by atoms with Gasteiger partial charge >= 0.3 is 0 Å². The fourth-order valence-electron chi connectivity index (χ4n) is 2.38. The van der Waals surface area contributed by atoms with Gasteiger partial charge in [-0.3, -0.25) is 14.7 Å². The number of rotatable bonds is 6. The quantitative estimate of drug-likeness (QED) is 0.448. The molecule has 3 aromatic rings. The zero-order chi connectivity index (χ0) is 21.1. The van der Waals surface area contributed by atoms with Crippen LogP contribution in [0.3, 0.4) is 0 Å². The van der Waals surface area contributed by atoms with Crippen molar-refractivity contribution in [3.8, 4) is 0 Å². The largest absolute Gasteiger partial charge is 0.442 e. The average molecular weight is 425 g/mol. The number of benzene rings is 1. The van der Waals surface area contributed by atoms with Crippen molar-refractivity contribution in [1.82, 2.24) is 20.5 Å². The van der Waals surface area contributed by atoms with Gasteiger partial charge in [-0.05, 0) is 19.1 Å². The lowest BCUT2D eigenvalue weighted by Gasteiger charge is -2.05. The summed E-state index contributed by atoms with van der Waals surface area (Å²) in [6, 6.07) is 2.63. The normalized spacial score (nSPS) is 10.8. The second-order valence-corrected chi connectivity index (χ2v) is 6.28. The number of aromatic nitrogens is 3. The maximum atomic E-state index is 13.3. The molecular formula is C17H15ClF2N6O3. The molecule has 5 N–H and O–H groups in total. The molecule has 2 heterocycles. The molecule has 0 saturated heterocycles. The summed E-state index contributed by atoms with van der Waals surface area (Å²) >= 11 is 5.76. The van der Waals surface area contributed by atoms with Crippen LogP contribution in [0.15, 0.2) is 22.6 Å². The summed E-state index contributed by atoms with van der Waals surface area (Å²) in [7, 11) is 0. The number of aryl methyl sites for hydroxylation is 1. The van der Waals surface area contributed by atoms with Crippen LogP contribution >= 0.6 is 11.6 Å². The minimum absolute atomic E-state index is 0.0205. The number of carbonyl (C=O) groups is 2. The van der Waals surface area contributed by atoms with E-state index in [4.69, 9.17) is 21.8 Å². The summed E-state index contributed by atoms with van der Waals surface area (Å²) in [5.74, 6) is -2.88. The highest BCUT2D eigenvalue weighted by Gasteiger charge is 2.18. The molecule has 0 aliphatic carbocycles. The molecule has 2 aromatic heterocycles. The van der Waals surface area contributed by atoms with Crippen LogP contribution < -0.4 is 16.4 Å². The van der Waals surface area contributed by atoms with Crippen LogP contribution in [0, 0.1) is 18.6 Å². The molecule has 3 rings (SSSR count). The Morgan fingerprint density at radius 3 is 2.66 bits per heavy atom. The predicted molar refractivity (Wildman–Crippen MR) is 98.2 cm³/mol. The van der Waals surface area contributed by atoms with Gasteiger partial charge in [0, 0.05) is 6.07 Å². The zero-order valence-corrected chi connectivity index (χ0v) is 15.7. The molecule has 0 aliphatic heterocycles. The van der Waals surface area contributed by atoms with E-state index in [2.05, 4.69) is 25.8 Å². The maximum Gasteiger partial charge on any atom is 0.272 e. The Kier molecular flexibility index (Phi) is 5.89. The first kappa shape index (κ1) is 20.4. The van der Waals surface area contributed by atoms with E-state index in [0.29, 0.717) is 29.5 Å². The first-order valence-corrected chi connectivity index (χ1v) is 8.61. The second-order valence-electron chi connectivity index (χ2n) is 5.87. The van der Waals surface area contributed by atoms with Gasteiger partial charge in [-0.25, -0.2) is 13.8 Å². The van der Waals surface area contributed by atoms with Gasteiger partial charge in [0.25, 0.3) is 11.8 Å². The van der Waals surface area contributed by atoms with Crippen molar-refractivity contribution in [2.24, 2.45) is 5.73 Å². The van der Waals surface area contributed by atoms with Gasteiger partial charge in [-0.15, -0.1) is 0 Å². The summed E-state index contributed by atoms with van der Waals surface area (Å²) in [4.78, 5) is 28.5. The van der Waals surface area contributed by atoms with Gasteiger partial charge in [-0.1, -0.05) is 11.6 Å². The number of nitrogens with two attached hydrogens (primary N) is 1. The highest BCUT2D eigenvalue weighted by molar-refractivity contribution is 6.34. The Morgan fingerprint density at radius 1 is 1.24 bits per heavy atom. The van der Waals surface area contributed by atoms with E-state index in [9.17, 15) is 18.4 Å². The van der Waals surface area contributed by atoms with E-state index in [1.807, 2.05) is 0 Å². The van der Waals surface area contributed by atoms with Gasteiger partial charge in [0.05, 0.1) is 29.4 Å². The summed E-state index contributed by atoms with van der Waals surface area (Å²) in [5.41, 5.74) is 5.75. The zero-order valence-electron chi connectivity index (χ0n) is 15.0.